The molecular formula is C17H23N3O2. The highest BCUT2D eigenvalue weighted by Crippen LogP contribution is 2.39. The van der Waals surface area contributed by atoms with E-state index in [0.29, 0.717) is 5.92 Å². The van der Waals surface area contributed by atoms with Gasteiger partial charge in [0.05, 0.1) is 26.2 Å². The average molecular weight is 301 g/mol. The Hall–Kier alpha value is -2.01. The van der Waals surface area contributed by atoms with Crippen LogP contribution in [-0.2, 0) is 13.6 Å². The molecule has 1 unspecified atom stereocenters. The third-order valence-electron chi connectivity index (χ3n) is 4.45. The van der Waals surface area contributed by atoms with Gasteiger partial charge in [0.25, 0.3) is 0 Å². The molecule has 1 aromatic heterocycles. The van der Waals surface area contributed by atoms with Gasteiger partial charge in [0, 0.05) is 37.8 Å². The highest BCUT2D eigenvalue weighted by Gasteiger charge is 2.27. The Bertz CT molecular complexity index is 639. The molecule has 2 aromatic rings. The van der Waals surface area contributed by atoms with E-state index in [0.717, 1.165) is 37.6 Å². The molecular weight excluding hydrogens is 278 g/mol. The number of nitrogens with zero attached hydrogens (tertiary/aromatic N) is 3. The van der Waals surface area contributed by atoms with E-state index in [9.17, 15) is 0 Å². The fourth-order valence-corrected chi connectivity index (χ4v) is 3.23. The smallest absolute Gasteiger partial charge is 0.164 e. The van der Waals surface area contributed by atoms with Crippen molar-refractivity contribution in [1.82, 2.24) is 14.5 Å². The summed E-state index contributed by atoms with van der Waals surface area (Å²) >= 11 is 0. The summed E-state index contributed by atoms with van der Waals surface area (Å²) in [6.45, 7) is 3.07. The van der Waals surface area contributed by atoms with Crippen molar-refractivity contribution in [2.45, 2.75) is 18.9 Å². The van der Waals surface area contributed by atoms with Gasteiger partial charge in [-0.15, -0.1) is 0 Å². The zero-order valence-electron chi connectivity index (χ0n) is 13.5. The summed E-state index contributed by atoms with van der Waals surface area (Å²) in [5.74, 6) is 2.17. The molecule has 1 aliphatic heterocycles. The third-order valence-corrected chi connectivity index (χ3v) is 4.45. The Kier molecular flexibility index (Phi) is 4.34. The molecule has 0 aliphatic carbocycles. The molecule has 0 bridgehead atoms. The van der Waals surface area contributed by atoms with Gasteiger partial charge >= 0.3 is 0 Å². The average Bonchev–Trinajstić information content (AvgIpc) is 3.16. The first-order valence-electron chi connectivity index (χ1n) is 7.61. The molecule has 0 spiro atoms. The van der Waals surface area contributed by atoms with Crippen molar-refractivity contribution in [2.75, 3.05) is 27.3 Å². The molecule has 5 nitrogen and oxygen atoms in total. The maximum Gasteiger partial charge on any atom is 0.164 e. The molecule has 2 heterocycles. The van der Waals surface area contributed by atoms with Gasteiger partial charge in [0.15, 0.2) is 11.5 Å². The van der Waals surface area contributed by atoms with E-state index >= 15 is 0 Å². The van der Waals surface area contributed by atoms with Crippen LogP contribution in [0.1, 0.15) is 23.6 Å². The molecule has 22 heavy (non-hydrogen) atoms. The van der Waals surface area contributed by atoms with E-state index in [-0.39, 0.29) is 0 Å². The summed E-state index contributed by atoms with van der Waals surface area (Å²) < 4.78 is 13.1. The number of para-hydroxylation sites is 1. The highest BCUT2D eigenvalue weighted by molar-refractivity contribution is 5.48. The van der Waals surface area contributed by atoms with Gasteiger partial charge in [0.2, 0.25) is 0 Å². The summed E-state index contributed by atoms with van der Waals surface area (Å²) in [7, 11) is 5.44. The van der Waals surface area contributed by atoms with E-state index in [1.54, 1.807) is 14.2 Å². The summed E-state index contributed by atoms with van der Waals surface area (Å²) in [6, 6.07) is 6.14. The van der Waals surface area contributed by atoms with Crippen molar-refractivity contribution >= 4 is 0 Å². The maximum atomic E-state index is 5.58. The van der Waals surface area contributed by atoms with E-state index in [2.05, 4.69) is 20.5 Å². The highest BCUT2D eigenvalue weighted by atomic mass is 16.5. The van der Waals surface area contributed by atoms with Gasteiger partial charge in [-0.25, -0.2) is 4.98 Å². The van der Waals surface area contributed by atoms with Crippen LogP contribution in [0, 0.1) is 0 Å². The van der Waals surface area contributed by atoms with Gasteiger partial charge in [-0.05, 0) is 19.0 Å². The molecule has 5 heteroatoms. The second kappa shape index (κ2) is 6.40. The summed E-state index contributed by atoms with van der Waals surface area (Å²) in [5, 5.41) is 0. The zero-order valence-corrected chi connectivity index (χ0v) is 13.5. The Morgan fingerprint density at radius 1 is 1.27 bits per heavy atom. The van der Waals surface area contributed by atoms with Gasteiger partial charge < -0.3 is 14.0 Å². The molecule has 3 rings (SSSR count). The van der Waals surface area contributed by atoms with Crippen molar-refractivity contribution < 1.29 is 9.47 Å². The van der Waals surface area contributed by atoms with Crippen LogP contribution < -0.4 is 9.47 Å². The first-order chi connectivity index (χ1) is 10.7. The Morgan fingerprint density at radius 2 is 2.14 bits per heavy atom. The Labute approximate surface area is 131 Å². The standard InChI is InChI=1S/C17H23N3O2/c1-19-12-18-9-14(19)11-20-8-7-13(10-20)15-5-4-6-16(21-2)17(15)22-3/h4-6,9,12-13H,7-8,10-11H2,1-3H3. The topological polar surface area (TPSA) is 39.5 Å². The number of methoxy groups -OCH3 is 2. The minimum atomic E-state index is 0.485. The number of ether oxygens (including phenoxy) is 2. The Balaban J connectivity index is 1.74. The molecule has 1 aromatic carbocycles. The molecule has 118 valence electrons. The molecule has 1 atom stereocenters. The predicted octanol–water partition coefficient (Wildman–Crippen LogP) is 2.43. The van der Waals surface area contributed by atoms with Crippen LogP contribution in [0.2, 0.25) is 0 Å². The SMILES string of the molecule is COc1cccc(C2CCN(Cc3cncn3C)C2)c1OC. The van der Waals surface area contributed by atoms with Crippen molar-refractivity contribution in [2.24, 2.45) is 7.05 Å². The van der Waals surface area contributed by atoms with Gasteiger partial charge in [-0.1, -0.05) is 12.1 Å². The molecule has 0 amide bonds. The second-order valence-corrected chi connectivity index (χ2v) is 5.80. The first kappa shape index (κ1) is 14.9. The summed E-state index contributed by atoms with van der Waals surface area (Å²) in [4.78, 5) is 6.66. The quantitative estimate of drug-likeness (QED) is 0.850. The summed E-state index contributed by atoms with van der Waals surface area (Å²) in [5.41, 5.74) is 2.49. The minimum absolute atomic E-state index is 0.485. The maximum absolute atomic E-state index is 5.58. The van der Waals surface area contributed by atoms with Crippen LogP contribution in [0.15, 0.2) is 30.7 Å². The number of benzene rings is 1. The van der Waals surface area contributed by atoms with Crippen LogP contribution in [0.25, 0.3) is 0 Å². The fraction of sp³-hybridized carbons (Fsp3) is 0.471. The monoisotopic (exact) mass is 301 g/mol. The molecule has 0 saturated carbocycles. The van der Waals surface area contributed by atoms with Crippen LogP contribution in [0.3, 0.4) is 0 Å². The lowest BCUT2D eigenvalue weighted by atomic mass is 9.97. The number of hydrogen-bond donors (Lipinski definition) is 0. The van der Waals surface area contributed by atoms with Crippen molar-refractivity contribution in [1.29, 1.82) is 0 Å². The van der Waals surface area contributed by atoms with Crippen molar-refractivity contribution in [3.05, 3.63) is 42.0 Å². The van der Waals surface area contributed by atoms with Crippen LogP contribution in [0.4, 0.5) is 0 Å². The first-order valence-corrected chi connectivity index (χ1v) is 7.61. The molecule has 1 saturated heterocycles. The van der Waals surface area contributed by atoms with E-state index in [4.69, 9.17) is 9.47 Å². The number of hydrogen-bond acceptors (Lipinski definition) is 4. The fourth-order valence-electron chi connectivity index (χ4n) is 3.23. The Morgan fingerprint density at radius 3 is 2.82 bits per heavy atom. The largest absolute Gasteiger partial charge is 0.493 e. The molecule has 0 N–H and O–H groups in total. The van der Waals surface area contributed by atoms with Gasteiger partial charge in [-0.3, -0.25) is 4.90 Å². The normalized spacial score (nSPS) is 18.6. The molecule has 1 aliphatic rings. The number of imidazole rings is 1. The van der Waals surface area contributed by atoms with Gasteiger partial charge in [-0.2, -0.15) is 0 Å². The third kappa shape index (κ3) is 2.81. The van der Waals surface area contributed by atoms with E-state index < -0.39 is 0 Å². The lowest BCUT2D eigenvalue weighted by molar-refractivity contribution is 0.316. The number of rotatable bonds is 5. The van der Waals surface area contributed by atoms with Crippen molar-refractivity contribution in [3.63, 3.8) is 0 Å². The van der Waals surface area contributed by atoms with Crippen LogP contribution >= 0.6 is 0 Å². The minimum Gasteiger partial charge on any atom is -0.493 e. The number of aromatic nitrogens is 2. The summed E-state index contributed by atoms with van der Waals surface area (Å²) in [6.07, 6.45) is 4.94. The zero-order chi connectivity index (χ0) is 15.5. The lowest BCUT2D eigenvalue weighted by Crippen LogP contribution is -2.21. The lowest BCUT2D eigenvalue weighted by Gasteiger charge is -2.19. The van der Waals surface area contributed by atoms with E-state index in [1.807, 2.05) is 31.7 Å². The van der Waals surface area contributed by atoms with Crippen molar-refractivity contribution in [3.8, 4) is 11.5 Å². The van der Waals surface area contributed by atoms with Crippen LogP contribution in [0.5, 0.6) is 11.5 Å². The molecule has 1 fully saturated rings. The molecule has 0 radical (unpaired) electrons. The number of aryl methyl sites for hydroxylation is 1. The van der Waals surface area contributed by atoms with Gasteiger partial charge in [0.1, 0.15) is 0 Å². The van der Waals surface area contributed by atoms with Crippen LogP contribution in [-0.4, -0.2) is 41.8 Å². The number of likely N-dealkylation sites (tertiary alicyclic amines) is 1. The second-order valence-electron chi connectivity index (χ2n) is 5.80. The predicted molar refractivity (Wildman–Crippen MR) is 85.4 cm³/mol. The van der Waals surface area contributed by atoms with E-state index in [1.165, 1.54) is 11.3 Å².